The van der Waals surface area contributed by atoms with E-state index in [0.29, 0.717) is 23.7 Å². The minimum absolute atomic E-state index is 0. The molecule has 6 fully saturated rings. The molecule has 1 aromatic heterocycles. The van der Waals surface area contributed by atoms with Gasteiger partial charge in [-0.1, -0.05) is 140 Å². The van der Waals surface area contributed by atoms with Crippen LogP contribution < -0.4 is 37.2 Å². The van der Waals surface area contributed by atoms with Crippen LogP contribution in [0.4, 0.5) is 11.4 Å². The fourth-order valence-corrected chi connectivity index (χ4v) is 13.4. The molecule has 0 aliphatic heterocycles. The number of hydrogen-bond donors (Lipinski definition) is 0. The molecule has 7 heteroatoms. The molecule has 6 aliphatic carbocycles. The van der Waals surface area contributed by atoms with Crippen molar-refractivity contribution in [3.8, 4) is 0 Å². The first kappa shape index (κ1) is 55.1. The van der Waals surface area contributed by atoms with E-state index in [-0.39, 0.29) is 78.1 Å². The second-order valence-corrected chi connectivity index (χ2v) is 21.4. The molecule has 0 saturated heterocycles. The van der Waals surface area contributed by atoms with Gasteiger partial charge in [-0.25, -0.2) is 4.98 Å². The van der Waals surface area contributed by atoms with Gasteiger partial charge in [0, 0.05) is 0 Å². The number of aryl methyl sites for hydroxylation is 1. The van der Waals surface area contributed by atoms with Gasteiger partial charge in [-0.05, 0) is 184 Å². The molecule has 65 heavy (non-hydrogen) atoms. The zero-order valence-electron chi connectivity index (χ0n) is 40.6. The van der Waals surface area contributed by atoms with Crippen LogP contribution in [0.2, 0.25) is 0 Å². The standard InChI is InChI=1S/C58H81N3.3ClH.Nd/c1-40-34-55(41(2)59-57-51(45-26-14-6-15-27-45)36-49(43-22-10-4-11-23-43)37-52(57)46-28-16-7-17-29-46)61-56(35-40)42(3)60-58-53(47-30-18-8-19-31-47)38-50(44-24-12-5-13-25-44)39-54(58)48-32-20-9-21-33-48;;;;/h34-39,43-48H,4-33H2,1-3H3;3*1H;/q;;;;+3/p-3. The van der Waals surface area contributed by atoms with Crippen molar-refractivity contribution >= 4 is 22.8 Å². The Morgan fingerprint density at radius 3 is 0.846 bits per heavy atom. The number of nitrogens with zero attached hydrogens (tertiary/aromatic N) is 3. The fourth-order valence-electron chi connectivity index (χ4n) is 13.4. The molecule has 0 amide bonds. The summed E-state index contributed by atoms with van der Waals surface area (Å²) in [5, 5.41) is 0. The van der Waals surface area contributed by atoms with E-state index in [4.69, 9.17) is 15.0 Å². The monoisotopic (exact) mass is 1070 g/mol. The van der Waals surface area contributed by atoms with E-state index in [1.165, 1.54) is 210 Å². The van der Waals surface area contributed by atoms with Crippen molar-refractivity contribution in [2.24, 2.45) is 9.98 Å². The topological polar surface area (TPSA) is 37.6 Å². The van der Waals surface area contributed by atoms with Crippen LogP contribution >= 0.6 is 0 Å². The van der Waals surface area contributed by atoms with Crippen molar-refractivity contribution in [2.75, 3.05) is 0 Å². The quantitative estimate of drug-likeness (QED) is 0.187. The maximum Gasteiger partial charge on any atom is 3.00 e. The van der Waals surface area contributed by atoms with Gasteiger partial charge in [0.05, 0.1) is 34.2 Å². The molecular formula is C58H81Cl3N3Nd. The van der Waals surface area contributed by atoms with E-state index in [2.05, 4.69) is 57.2 Å². The van der Waals surface area contributed by atoms with Gasteiger partial charge < -0.3 is 37.2 Å². The first-order valence-electron chi connectivity index (χ1n) is 26.4. The Balaban J connectivity index is 0.00000198. The summed E-state index contributed by atoms with van der Waals surface area (Å²) in [5.41, 5.74) is 17.7. The van der Waals surface area contributed by atoms with E-state index in [0.717, 1.165) is 34.6 Å². The third-order valence-electron chi connectivity index (χ3n) is 17.0. The maximum absolute atomic E-state index is 5.81. The van der Waals surface area contributed by atoms with Crippen molar-refractivity contribution in [3.05, 3.63) is 86.7 Å². The molecular weight excluding hydrogens is 989 g/mol. The van der Waals surface area contributed by atoms with Crippen LogP contribution in [0, 0.1) is 47.8 Å². The van der Waals surface area contributed by atoms with E-state index < -0.39 is 0 Å². The predicted molar refractivity (Wildman–Crippen MR) is 261 cm³/mol. The average Bonchev–Trinajstić information content (AvgIpc) is 3.33. The minimum Gasteiger partial charge on any atom is -1.00 e. The van der Waals surface area contributed by atoms with E-state index in [1.807, 2.05) is 0 Å². The van der Waals surface area contributed by atoms with E-state index in [1.54, 1.807) is 33.4 Å². The second kappa shape index (κ2) is 26.9. The maximum atomic E-state index is 5.81. The summed E-state index contributed by atoms with van der Waals surface area (Å²) in [5.74, 6) is 3.96. The molecule has 1 radical (unpaired) electrons. The number of aliphatic imine (C=N–C) groups is 2. The SMILES string of the molecule is CC(=Nc1c(C2CCCCC2)cc(C2CCCCC2)cc1C1CCCCC1)c1cc(C)cc(C(C)=Nc2c(C3CCCCC3)cc(C3CCCCC3)cc2C2CCCCC2)n1.[Cl-].[Cl-].[Cl-].[Nd+3]. The van der Waals surface area contributed by atoms with Crippen LogP contribution in [-0.4, -0.2) is 16.4 Å². The predicted octanol–water partition coefficient (Wildman–Crippen LogP) is 8.97. The van der Waals surface area contributed by atoms with Crippen LogP contribution in [-0.2, 0) is 0 Å². The molecule has 0 N–H and O–H groups in total. The number of pyridine rings is 1. The third-order valence-corrected chi connectivity index (χ3v) is 17.0. The Kier molecular flexibility index (Phi) is 22.8. The summed E-state index contributed by atoms with van der Waals surface area (Å²) < 4.78 is 0. The Morgan fingerprint density at radius 2 is 0.600 bits per heavy atom. The minimum atomic E-state index is 0. The zero-order valence-corrected chi connectivity index (χ0v) is 46.1. The summed E-state index contributed by atoms with van der Waals surface area (Å²) in [6.45, 7) is 6.78. The van der Waals surface area contributed by atoms with Gasteiger partial charge in [0.2, 0.25) is 0 Å². The largest absolute Gasteiger partial charge is 3.00 e. The van der Waals surface area contributed by atoms with Crippen LogP contribution in [0.5, 0.6) is 0 Å². The first-order valence-corrected chi connectivity index (χ1v) is 26.4. The van der Waals surface area contributed by atoms with Crippen molar-refractivity contribution in [3.63, 3.8) is 0 Å². The van der Waals surface area contributed by atoms with Crippen LogP contribution in [0.1, 0.15) is 292 Å². The molecule has 6 saturated carbocycles. The molecule has 1 heterocycles. The molecule has 0 spiro atoms. The molecule has 3 nitrogen and oxygen atoms in total. The van der Waals surface area contributed by atoms with Crippen molar-refractivity contribution in [2.45, 2.75) is 249 Å². The average molecular weight is 1070 g/mol. The Bertz CT molecular complexity index is 1790. The summed E-state index contributed by atoms with van der Waals surface area (Å²) in [6, 6.07) is 15.3. The normalized spacial score (nSPS) is 21.7. The molecule has 0 bridgehead atoms. The number of aromatic nitrogens is 1. The summed E-state index contributed by atoms with van der Waals surface area (Å²) >= 11 is 0. The molecule has 0 atom stereocenters. The zero-order chi connectivity index (χ0) is 41.5. The van der Waals surface area contributed by atoms with Crippen LogP contribution in [0.25, 0.3) is 0 Å². The van der Waals surface area contributed by atoms with Gasteiger partial charge in [-0.15, -0.1) is 0 Å². The second-order valence-electron chi connectivity index (χ2n) is 21.4. The Morgan fingerprint density at radius 1 is 0.369 bits per heavy atom. The summed E-state index contributed by atoms with van der Waals surface area (Å²) in [7, 11) is 0. The van der Waals surface area contributed by atoms with E-state index >= 15 is 0 Å². The van der Waals surface area contributed by atoms with Crippen molar-refractivity contribution < 1.29 is 78.1 Å². The van der Waals surface area contributed by atoms with Crippen LogP contribution in [0.3, 0.4) is 0 Å². The van der Waals surface area contributed by atoms with E-state index in [9.17, 15) is 0 Å². The Labute approximate surface area is 447 Å². The van der Waals surface area contributed by atoms with Crippen molar-refractivity contribution in [1.29, 1.82) is 0 Å². The van der Waals surface area contributed by atoms with Gasteiger partial charge in [0.25, 0.3) is 0 Å². The molecule has 2 aromatic carbocycles. The molecule has 9 rings (SSSR count). The Hall–Kier alpha value is -0.849. The molecule has 353 valence electrons. The number of halogens is 3. The third kappa shape index (κ3) is 13.7. The summed E-state index contributed by atoms with van der Waals surface area (Å²) in [6.07, 6.45) is 40.7. The first-order chi connectivity index (χ1) is 30.0. The van der Waals surface area contributed by atoms with Gasteiger partial charge in [0.1, 0.15) is 0 Å². The number of hydrogen-bond acceptors (Lipinski definition) is 3. The van der Waals surface area contributed by atoms with Gasteiger partial charge in [0.15, 0.2) is 0 Å². The molecule has 6 aliphatic rings. The smallest absolute Gasteiger partial charge is 1.00 e. The van der Waals surface area contributed by atoms with Gasteiger partial charge in [-0.2, -0.15) is 0 Å². The fraction of sp³-hybridized carbons (Fsp3) is 0.672. The van der Waals surface area contributed by atoms with Gasteiger partial charge in [-0.3, -0.25) is 9.98 Å². The number of benzene rings is 2. The number of rotatable bonds is 10. The molecule has 0 unspecified atom stereocenters. The van der Waals surface area contributed by atoms with Crippen molar-refractivity contribution in [1.82, 2.24) is 4.98 Å². The molecule has 3 aromatic rings. The van der Waals surface area contributed by atoms with Crippen LogP contribution in [0.15, 0.2) is 46.4 Å². The summed E-state index contributed by atoms with van der Waals surface area (Å²) in [4.78, 5) is 17.1. The van der Waals surface area contributed by atoms with Gasteiger partial charge >= 0.3 is 40.8 Å².